The zero-order chi connectivity index (χ0) is 13.5. The van der Waals surface area contributed by atoms with Gasteiger partial charge in [-0.3, -0.25) is 4.79 Å². The molecule has 5 nitrogen and oxygen atoms in total. The summed E-state index contributed by atoms with van der Waals surface area (Å²) in [6.07, 6.45) is 1.19. The molecule has 1 N–H and O–H groups in total. The Morgan fingerprint density at radius 3 is 2.79 bits per heavy atom. The second-order valence-electron chi connectivity index (χ2n) is 4.01. The maximum atomic E-state index is 11.6. The van der Waals surface area contributed by atoms with Gasteiger partial charge >= 0.3 is 0 Å². The number of hydrogen-bond acceptors (Lipinski definition) is 5. The summed E-state index contributed by atoms with van der Waals surface area (Å²) in [7, 11) is 1.63. The molecule has 2 aromatic rings. The van der Waals surface area contributed by atoms with Crippen molar-refractivity contribution in [2.75, 3.05) is 19.0 Å². The Kier molecular flexibility index (Phi) is 5.00. The maximum Gasteiger partial charge on any atom is 0.224 e. The second kappa shape index (κ2) is 6.96. The van der Waals surface area contributed by atoms with Gasteiger partial charge in [-0.1, -0.05) is 16.6 Å². The van der Waals surface area contributed by atoms with Crippen molar-refractivity contribution in [2.24, 2.45) is 0 Å². The number of methoxy groups -OCH3 is 1. The Balaban J connectivity index is 1.90. The highest BCUT2D eigenvalue weighted by Crippen LogP contribution is 2.20. The molecule has 0 saturated heterocycles. The first-order valence-electron chi connectivity index (χ1n) is 5.96. The molecular formula is C13H15N3O2S. The standard InChI is InChI=1S/C13H15N3O2S/c1-18-8-2-3-13(17)14-11-6-4-10(5-7-11)12-9-19-16-15-12/h4-7,9H,2-3,8H2,1H3,(H,14,17). The lowest BCUT2D eigenvalue weighted by Crippen LogP contribution is -2.11. The number of amides is 1. The largest absolute Gasteiger partial charge is 0.385 e. The van der Waals surface area contributed by atoms with Crippen LogP contribution in [-0.4, -0.2) is 29.2 Å². The van der Waals surface area contributed by atoms with E-state index in [2.05, 4.69) is 14.9 Å². The van der Waals surface area contributed by atoms with Crippen molar-refractivity contribution in [3.63, 3.8) is 0 Å². The van der Waals surface area contributed by atoms with E-state index in [9.17, 15) is 4.79 Å². The number of hydrogen-bond donors (Lipinski definition) is 1. The van der Waals surface area contributed by atoms with E-state index in [1.807, 2.05) is 29.6 Å². The highest BCUT2D eigenvalue weighted by molar-refractivity contribution is 7.03. The molecule has 0 unspecified atom stereocenters. The molecule has 0 aliphatic rings. The van der Waals surface area contributed by atoms with Crippen LogP contribution in [0.3, 0.4) is 0 Å². The summed E-state index contributed by atoms with van der Waals surface area (Å²) in [4.78, 5) is 11.6. The van der Waals surface area contributed by atoms with Gasteiger partial charge < -0.3 is 10.1 Å². The minimum absolute atomic E-state index is 0.000116. The summed E-state index contributed by atoms with van der Waals surface area (Å²) in [6, 6.07) is 7.56. The lowest BCUT2D eigenvalue weighted by molar-refractivity contribution is -0.116. The van der Waals surface area contributed by atoms with Crippen LogP contribution < -0.4 is 5.32 Å². The smallest absolute Gasteiger partial charge is 0.224 e. The van der Waals surface area contributed by atoms with Gasteiger partial charge in [-0.05, 0) is 30.1 Å². The highest BCUT2D eigenvalue weighted by Gasteiger charge is 2.04. The molecule has 0 saturated carbocycles. The van der Waals surface area contributed by atoms with Crippen molar-refractivity contribution in [3.8, 4) is 11.3 Å². The summed E-state index contributed by atoms with van der Waals surface area (Å²) < 4.78 is 8.73. The van der Waals surface area contributed by atoms with Crippen LogP contribution in [0.15, 0.2) is 29.6 Å². The van der Waals surface area contributed by atoms with Gasteiger partial charge in [0, 0.05) is 36.8 Å². The van der Waals surface area contributed by atoms with Gasteiger partial charge in [-0.15, -0.1) is 5.10 Å². The predicted molar refractivity (Wildman–Crippen MR) is 75.1 cm³/mol. The Labute approximate surface area is 115 Å². The van der Waals surface area contributed by atoms with E-state index >= 15 is 0 Å². The second-order valence-corrected chi connectivity index (χ2v) is 4.62. The van der Waals surface area contributed by atoms with Crippen LogP contribution in [0.4, 0.5) is 5.69 Å². The van der Waals surface area contributed by atoms with Gasteiger partial charge in [0.15, 0.2) is 0 Å². The van der Waals surface area contributed by atoms with E-state index < -0.39 is 0 Å². The van der Waals surface area contributed by atoms with E-state index in [-0.39, 0.29) is 5.91 Å². The minimum atomic E-state index is 0.000116. The van der Waals surface area contributed by atoms with E-state index in [0.29, 0.717) is 13.0 Å². The summed E-state index contributed by atoms with van der Waals surface area (Å²) in [5.74, 6) is 0.000116. The molecule has 19 heavy (non-hydrogen) atoms. The van der Waals surface area contributed by atoms with Crippen molar-refractivity contribution in [1.82, 2.24) is 9.59 Å². The SMILES string of the molecule is COCCCC(=O)Nc1ccc(-c2csnn2)cc1. The van der Waals surface area contributed by atoms with Gasteiger partial charge in [0.25, 0.3) is 0 Å². The third-order valence-electron chi connectivity index (χ3n) is 2.58. The molecule has 0 aliphatic heterocycles. The molecule has 100 valence electrons. The Bertz CT molecular complexity index is 511. The molecule has 0 spiro atoms. The third kappa shape index (κ3) is 4.11. The molecule has 0 aliphatic carbocycles. The third-order valence-corrected chi connectivity index (χ3v) is 3.08. The van der Waals surface area contributed by atoms with Gasteiger partial charge in [0.05, 0.1) is 0 Å². The van der Waals surface area contributed by atoms with Crippen molar-refractivity contribution >= 4 is 23.1 Å². The molecule has 1 heterocycles. The van der Waals surface area contributed by atoms with Gasteiger partial charge in [-0.2, -0.15) is 0 Å². The van der Waals surface area contributed by atoms with Crippen LogP contribution in [0, 0.1) is 0 Å². The van der Waals surface area contributed by atoms with Gasteiger partial charge in [-0.25, -0.2) is 0 Å². The lowest BCUT2D eigenvalue weighted by atomic mass is 10.1. The number of carbonyl (C=O) groups excluding carboxylic acids is 1. The van der Waals surface area contributed by atoms with Crippen molar-refractivity contribution in [1.29, 1.82) is 0 Å². The van der Waals surface area contributed by atoms with E-state index in [1.54, 1.807) is 7.11 Å². The highest BCUT2D eigenvalue weighted by atomic mass is 32.1. The van der Waals surface area contributed by atoms with Crippen LogP contribution in [0.2, 0.25) is 0 Å². The summed E-state index contributed by atoms with van der Waals surface area (Å²) in [5, 5.41) is 8.73. The lowest BCUT2D eigenvalue weighted by Gasteiger charge is -2.05. The number of benzene rings is 1. The molecule has 0 radical (unpaired) electrons. The fourth-order valence-electron chi connectivity index (χ4n) is 1.62. The molecule has 2 rings (SSSR count). The quantitative estimate of drug-likeness (QED) is 0.824. The number of ether oxygens (including phenoxy) is 1. The number of aromatic nitrogens is 2. The van der Waals surface area contributed by atoms with Crippen LogP contribution in [0.5, 0.6) is 0 Å². The number of carbonyl (C=O) groups is 1. The Hall–Kier alpha value is -1.79. The molecule has 0 fully saturated rings. The number of anilines is 1. The Morgan fingerprint density at radius 1 is 1.37 bits per heavy atom. The monoisotopic (exact) mass is 277 g/mol. The summed E-state index contributed by atoms with van der Waals surface area (Å²) in [6.45, 7) is 0.600. The first-order chi connectivity index (χ1) is 9.29. The molecule has 0 atom stereocenters. The zero-order valence-electron chi connectivity index (χ0n) is 10.6. The van der Waals surface area contributed by atoms with Crippen LogP contribution >= 0.6 is 11.5 Å². The minimum Gasteiger partial charge on any atom is -0.385 e. The molecular weight excluding hydrogens is 262 g/mol. The van der Waals surface area contributed by atoms with Gasteiger partial charge in [0.2, 0.25) is 5.91 Å². The van der Waals surface area contributed by atoms with Gasteiger partial charge in [0.1, 0.15) is 5.69 Å². The van der Waals surface area contributed by atoms with Crippen LogP contribution in [-0.2, 0) is 9.53 Å². The molecule has 1 amide bonds. The first kappa shape index (κ1) is 13.6. The first-order valence-corrected chi connectivity index (χ1v) is 6.79. The molecule has 0 bridgehead atoms. The molecule has 1 aromatic heterocycles. The Morgan fingerprint density at radius 2 is 2.16 bits per heavy atom. The summed E-state index contributed by atoms with van der Waals surface area (Å²) in [5.41, 5.74) is 2.63. The van der Waals surface area contributed by atoms with E-state index in [1.165, 1.54) is 11.5 Å². The summed E-state index contributed by atoms with van der Waals surface area (Å²) >= 11 is 1.32. The normalized spacial score (nSPS) is 10.4. The average molecular weight is 277 g/mol. The predicted octanol–water partition coefficient (Wildman–Crippen LogP) is 2.57. The van der Waals surface area contributed by atoms with Crippen molar-refractivity contribution in [3.05, 3.63) is 29.6 Å². The molecule has 1 aromatic carbocycles. The maximum absolute atomic E-state index is 11.6. The number of nitrogens with one attached hydrogen (secondary N) is 1. The van der Waals surface area contributed by atoms with E-state index in [4.69, 9.17) is 4.74 Å². The fraction of sp³-hybridized carbons (Fsp3) is 0.308. The van der Waals surface area contributed by atoms with Crippen LogP contribution in [0.1, 0.15) is 12.8 Å². The number of rotatable bonds is 6. The fourth-order valence-corrected chi connectivity index (χ4v) is 2.08. The van der Waals surface area contributed by atoms with Crippen molar-refractivity contribution < 1.29 is 9.53 Å². The number of nitrogens with zero attached hydrogens (tertiary/aromatic N) is 2. The zero-order valence-corrected chi connectivity index (χ0v) is 11.4. The topological polar surface area (TPSA) is 64.1 Å². The van der Waals surface area contributed by atoms with Crippen molar-refractivity contribution in [2.45, 2.75) is 12.8 Å². The van der Waals surface area contributed by atoms with Crippen LogP contribution in [0.25, 0.3) is 11.3 Å². The van der Waals surface area contributed by atoms with E-state index in [0.717, 1.165) is 23.4 Å². The average Bonchev–Trinajstić information content (AvgIpc) is 2.94. The molecule has 6 heteroatoms.